The maximum atomic E-state index is 13.4. The average Bonchev–Trinajstić information content (AvgIpc) is 2.31. The number of benzene rings is 1. The van der Waals surface area contributed by atoms with Crippen LogP contribution in [0.4, 0.5) is 18.9 Å². The number of hydrogen-bond acceptors (Lipinski definition) is 2. The maximum absolute atomic E-state index is 13.4. The minimum absolute atomic E-state index is 0.212. The molecule has 0 saturated heterocycles. The van der Waals surface area contributed by atoms with E-state index in [-0.39, 0.29) is 15.7 Å². The molecular weight excluding hydrogens is 309 g/mol. The first-order chi connectivity index (χ1) is 8.52. The normalized spacial score (nSPS) is 11.2. The van der Waals surface area contributed by atoms with Crippen molar-refractivity contribution >= 4 is 32.5 Å². The third-order valence-electron chi connectivity index (χ3n) is 2.46. The number of pyridine rings is 1. The molecular formula is C12H10BrF3N2. The van der Waals surface area contributed by atoms with E-state index in [9.17, 15) is 13.2 Å². The highest BCUT2D eigenvalue weighted by atomic mass is 79.9. The lowest BCUT2D eigenvalue weighted by atomic mass is 10.1. The van der Waals surface area contributed by atoms with Crippen molar-refractivity contribution in [2.75, 3.05) is 11.9 Å². The van der Waals surface area contributed by atoms with Crippen molar-refractivity contribution in [2.24, 2.45) is 0 Å². The van der Waals surface area contributed by atoms with Crippen LogP contribution in [0.5, 0.6) is 0 Å². The van der Waals surface area contributed by atoms with Gasteiger partial charge < -0.3 is 5.32 Å². The summed E-state index contributed by atoms with van der Waals surface area (Å²) >= 11 is 3.07. The third-order valence-corrected chi connectivity index (χ3v) is 3.07. The molecule has 1 aromatic heterocycles. The minimum atomic E-state index is -2.68. The molecule has 2 rings (SSSR count). The Bertz CT molecular complexity index is 587. The second-order valence-corrected chi connectivity index (χ2v) is 4.56. The maximum Gasteiger partial charge on any atom is 0.280 e. The summed E-state index contributed by atoms with van der Waals surface area (Å²) < 4.78 is 39.1. The number of halogens is 4. The van der Waals surface area contributed by atoms with Crippen molar-refractivity contribution in [3.05, 3.63) is 34.2 Å². The fourth-order valence-electron chi connectivity index (χ4n) is 1.69. The number of anilines is 1. The van der Waals surface area contributed by atoms with Crippen molar-refractivity contribution in [3.8, 4) is 0 Å². The highest BCUT2D eigenvalue weighted by Crippen LogP contribution is 2.31. The van der Waals surface area contributed by atoms with Gasteiger partial charge in [-0.3, -0.25) is 0 Å². The van der Waals surface area contributed by atoms with Crippen molar-refractivity contribution < 1.29 is 13.2 Å². The number of alkyl halides is 2. The Kier molecular flexibility index (Phi) is 3.75. The molecule has 1 aromatic carbocycles. The summed E-state index contributed by atoms with van der Waals surface area (Å²) in [6, 6.07) is 3.97. The van der Waals surface area contributed by atoms with Gasteiger partial charge in [0.1, 0.15) is 11.5 Å². The van der Waals surface area contributed by atoms with Crippen LogP contribution in [0.25, 0.3) is 10.9 Å². The van der Waals surface area contributed by atoms with Gasteiger partial charge in [-0.25, -0.2) is 18.2 Å². The Labute approximate surface area is 110 Å². The van der Waals surface area contributed by atoms with E-state index >= 15 is 0 Å². The van der Waals surface area contributed by atoms with E-state index in [0.29, 0.717) is 17.6 Å². The molecule has 0 aliphatic carbocycles. The van der Waals surface area contributed by atoms with Crippen LogP contribution >= 0.6 is 15.9 Å². The summed E-state index contributed by atoms with van der Waals surface area (Å²) in [6.07, 6.45) is -2.68. The van der Waals surface area contributed by atoms with Crippen LogP contribution in [-0.4, -0.2) is 11.5 Å². The van der Waals surface area contributed by atoms with Crippen LogP contribution in [0.15, 0.2) is 22.7 Å². The van der Waals surface area contributed by atoms with Crippen LogP contribution in [0.3, 0.4) is 0 Å². The Morgan fingerprint density at radius 1 is 1.33 bits per heavy atom. The van der Waals surface area contributed by atoms with Gasteiger partial charge in [0.15, 0.2) is 0 Å². The average molecular weight is 319 g/mol. The Hall–Kier alpha value is -1.30. The Balaban J connectivity index is 2.72. The zero-order chi connectivity index (χ0) is 13.3. The first-order valence-corrected chi connectivity index (χ1v) is 6.14. The summed E-state index contributed by atoms with van der Waals surface area (Å²) in [5, 5.41) is 3.58. The van der Waals surface area contributed by atoms with E-state index in [4.69, 9.17) is 0 Å². The van der Waals surface area contributed by atoms with Gasteiger partial charge in [-0.05, 0) is 35.0 Å². The van der Waals surface area contributed by atoms with E-state index in [1.165, 1.54) is 12.1 Å². The summed E-state index contributed by atoms with van der Waals surface area (Å²) in [7, 11) is 0. The molecule has 18 heavy (non-hydrogen) atoms. The molecule has 96 valence electrons. The molecule has 0 aliphatic heterocycles. The van der Waals surface area contributed by atoms with Crippen LogP contribution < -0.4 is 5.32 Å². The van der Waals surface area contributed by atoms with Crippen LogP contribution in [0, 0.1) is 5.82 Å². The molecule has 6 heteroatoms. The fourth-order valence-corrected chi connectivity index (χ4v) is 2.03. The molecule has 1 heterocycles. The molecule has 0 aliphatic rings. The van der Waals surface area contributed by atoms with E-state index < -0.39 is 12.2 Å². The number of aromatic nitrogens is 1. The van der Waals surface area contributed by atoms with Crippen molar-refractivity contribution in [1.29, 1.82) is 0 Å². The molecule has 0 spiro atoms. The first-order valence-electron chi connectivity index (χ1n) is 5.34. The van der Waals surface area contributed by atoms with Crippen LogP contribution in [-0.2, 0) is 0 Å². The van der Waals surface area contributed by atoms with E-state index in [1.807, 2.05) is 6.92 Å². The zero-order valence-electron chi connectivity index (χ0n) is 9.48. The SMILES string of the molecule is CCNc1cc(C(F)F)nc2cc(F)c(Br)cc12. The Morgan fingerprint density at radius 3 is 2.67 bits per heavy atom. The fraction of sp³-hybridized carbons (Fsp3) is 0.250. The van der Waals surface area contributed by atoms with Crippen molar-refractivity contribution in [2.45, 2.75) is 13.3 Å². The topological polar surface area (TPSA) is 24.9 Å². The highest BCUT2D eigenvalue weighted by Gasteiger charge is 2.14. The predicted molar refractivity (Wildman–Crippen MR) is 68.5 cm³/mol. The standard InChI is InChI=1S/C12H10BrF3N2/c1-2-17-9-5-11(12(15)16)18-10-4-8(14)7(13)3-6(9)10/h3-5,12H,2H2,1H3,(H,17,18). The van der Waals surface area contributed by atoms with Crippen LogP contribution in [0.2, 0.25) is 0 Å². The minimum Gasteiger partial charge on any atom is -0.385 e. The smallest absolute Gasteiger partial charge is 0.280 e. The number of nitrogens with zero attached hydrogens (tertiary/aromatic N) is 1. The monoisotopic (exact) mass is 318 g/mol. The first kappa shape index (κ1) is 13.1. The molecule has 0 atom stereocenters. The van der Waals surface area contributed by atoms with Gasteiger partial charge in [-0.15, -0.1) is 0 Å². The molecule has 0 fully saturated rings. The lowest BCUT2D eigenvalue weighted by Gasteiger charge is -2.11. The Morgan fingerprint density at radius 2 is 2.06 bits per heavy atom. The number of rotatable bonds is 3. The van der Waals surface area contributed by atoms with Gasteiger partial charge in [-0.1, -0.05) is 0 Å². The van der Waals surface area contributed by atoms with Crippen molar-refractivity contribution in [3.63, 3.8) is 0 Å². The molecule has 0 unspecified atom stereocenters. The van der Waals surface area contributed by atoms with Gasteiger partial charge in [-0.2, -0.15) is 0 Å². The van der Waals surface area contributed by atoms with E-state index in [1.54, 1.807) is 0 Å². The van der Waals surface area contributed by atoms with Crippen LogP contribution in [0.1, 0.15) is 19.0 Å². The lowest BCUT2D eigenvalue weighted by Crippen LogP contribution is -2.01. The third kappa shape index (κ3) is 2.43. The van der Waals surface area contributed by atoms with Crippen molar-refractivity contribution in [1.82, 2.24) is 4.98 Å². The lowest BCUT2D eigenvalue weighted by molar-refractivity contribution is 0.146. The summed E-state index contributed by atoms with van der Waals surface area (Å²) in [5.41, 5.74) is 0.378. The molecule has 0 radical (unpaired) electrons. The molecule has 1 N–H and O–H groups in total. The summed E-state index contributed by atoms with van der Waals surface area (Å²) in [5.74, 6) is -0.524. The van der Waals surface area contributed by atoms with Gasteiger partial charge in [0.25, 0.3) is 6.43 Å². The van der Waals surface area contributed by atoms with E-state index in [0.717, 1.165) is 6.07 Å². The highest BCUT2D eigenvalue weighted by molar-refractivity contribution is 9.10. The number of hydrogen-bond donors (Lipinski definition) is 1. The second kappa shape index (κ2) is 5.14. The predicted octanol–water partition coefficient (Wildman–Crippen LogP) is 4.51. The zero-order valence-corrected chi connectivity index (χ0v) is 11.1. The van der Waals surface area contributed by atoms with Gasteiger partial charge >= 0.3 is 0 Å². The number of fused-ring (bicyclic) bond motifs is 1. The largest absolute Gasteiger partial charge is 0.385 e. The molecule has 2 nitrogen and oxygen atoms in total. The van der Waals surface area contributed by atoms with E-state index in [2.05, 4.69) is 26.2 Å². The summed E-state index contributed by atoms with van der Waals surface area (Å²) in [4.78, 5) is 3.77. The second-order valence-electron chi connectivity index (χ2n) is 3.71. The quantitative estimate of drug-likeness (QED) is 0.900. The molecule has 0 bridgehead atoms. The molecule has 2 aromatic rings. The van der Waals surface area contributed by atoms with Gasteiger partial charge in [0.2, 0.25) is 0 Å². The summed E-state index contributed by atoms with van der Waals surface area (Å²) in [6.45, 7) is 2.43. The van der Waals surface area contributed by atoms with Gasteiger partial charge in [0, 0.05) is 23.7 Å². The van der Waals surface area contributed by atoms with Gasteiger partial charge in [0.05, 0.1) is 9.99 Å². The number of nitrogens with one attached hydrogen (secondary N) is 1. The molecule has 0 saturated carbocycles. The molecule has 0 amide bonds.